The van der Waals surface area contributed by atoms with Gasteiger partial charge in [-0.1, -0.05) is 11.6 Å². The first-order valence-corrected chi connectivity index (χ1v) is 13.5. The number of amidine groups is 1. The summed E-state index contributed by atoms with van der Waals surface area (Å²) in [5.74, 6) is -0.00605. The van der Waals surface area contributed by atoms with Gasteiger partial charge in [-0.2, -0.15) is 0 Å². The number of nitrogens with zero attached hydrogens (tertiary/aromatic N) is 3. The number of aromatic amines is 1. The number of amides is 3. The second-order valence-electron chi connectivity index (χ2n) is 8.79. The number of sulfonamides is 1. The Morgan fingerprint density at radius 2 is 1.81 bits per heavy atom. The number of anilines is 2. The van der Waals surface area contributed by atoms with Gasteiger partial charge in [0, 0.05) is 54.7 Å². The van der Waals surface area contributed by atoms with E-state index in [1.807, 2.05) is 6.07 Å². The second-order valence-corrected chi connectivity index (χ2v) is 10.8. The molecule has 0 unspecified atom stereocenters. The van der Waals surface area contributed by atoms with Gasteiger partial charge in [-0.05, 0) is 55.3 Å². The topological polar surface area (TPSA) is 127 Å². The van der Waals surface area contributed by atoms with Crippen LogP contribution in [0, 0.1) is 0 Å². The summed E-state index contributed by atoms with van der Waals surface area (Å²) in [6.07, 6.45) is 3.98. The van der Waals surface area contributed by atoms with Crippen LogP contribution in [0.25, 0.3) is 10.9 Å². The number of hydrogen-bond donors (Lipinski definition) is 3. The molecule has 12 heteroatoms. The van der Waals surface area contributed by atoms with Crippen molar-refractivity contribution in [3.8, 4) is 0 Å². The number of H-pyrrole nitrogens is 1. The molecular formula is C24H27ClN6O4S. The first-order valence-electron chi connectivity index (χ1n) is 11.2. The summed E-state index contributed by atoms with van der Waals surface area (Å²) in [7, 11) is -0.180. The van der Waals surface area contributed by atoms with E-state index < -0.39 is 16.1 Å². The van der Waals surface area contributed by atoms with E-state index >= 15 is 0 Å². The number of benzene rings is 2. The standard InChI is InChI=1S/C24H27ClN6O4S/c1-30(2)22(29-36(3,34)35)15-6-8-16(9-7-15)27-23(32)21-5-4-12-31(21)24(33)28-17-10-11-18-19(25)14-26-20(18)13-17/h6-11,13-14,21,26H,4-5,12H2,1-3H3,(H,27,32)(H,28,33)/b29-22+/t21-/m1/s1. The molecule has 1 saturated heterocycles. The van der Waals surface area contributed by atoms with Crippen LogP contribution in [0.5, 0.6) is 0 Å². The molecule has 36 heavy (non-hydrogen) atoms. The highest BCUT2D eigenvalue weighted by atomic mass is 35.5. The second kappa shape index (κ2) is 10.2. The van der Waals surface area contributed by atoms with Crippen LogP contribution in [0.1, 0.15) is 18.4 Å². The normalized spacial score (nSPS) is 16.3. The van der Waals surface area contributed by atoms with E-state index in [0.717, 1.165) is 17.2 Å². The fourth-order valence-corrected chi connectivity index (χ4v) is 4.93. The van der Waals surface area contributed by atoms with Crippen LogP contribution >= 0.6 is 11.6 Å². The Labute approximate surface area is 214 Å². The molecule has 190 valence electrons. The molecule has 1 atom stereocenters. The number of aromatic nitrogens is 1. The van der Waals surface area contributed by atoms with E-state index in [9.17, 15) is 18.0 Å². The molecule has 0 aliphatic carbocycles. The van der Waals surface area contributed by atoms with Crippen molar-refractivity contribution in [1.82, 2.24) is 14.8 Å². The number of urea groups is 1. The lowest BCUT2D eigenvalue weighted by atomic mass is 10.1. The molecule has 1 fully saturated rings. The van der Waals surface area contributed by atoms with Crippen molar-refractivity contribution in [2.75, 3.05) is 37.5 Å². The highest BCUT2D eigenvalue weighted by Gasteiger charge is 2.34. The van der Waals surface area contributed by atoms with Crippen molar-refractivity contribution >= 4 is 61.7 Å². The molecule has 1 aromatic heterocycles. The largest absolute Gasteiger partial charge is 0.362 e. The maximum absolute atomic E-state index is 13.0. The van der Waals surface area contributed by atoms with Gasteiger partial charge in [-0.3, -0.25) is 4.79 Å². The molecule has 3 aromatic rings. The molecule has 4 rings (SSSR count). The third kappa shape index (κ3) is 5.80. The summed E-state index contributed by atoms with van der Waals surface area (Å²) in [4.78, 5) is 32.1. The number of nitrogens with one attached hydrogen (secondary N) is 3. The lowest BCUT2D eigenvalue weighted by Gasteiger charge is -2.24. The van der Waals surface area contributed by atoms with Crippen molar-refractivity contribution in [1.29, 1.82) is 0 Å². The van der Waals surface area contributed by atoms with Gasteiger partial charge in [0.05, 0.1) is 11.3 Å². The Morgan fingerprint density at radius 3 is 2.47 bits per heavy atom. The minimum atomic E-state index is -3.58. The fourth-order valence-electron chi connectivity index (χ4n) is 4.12. The first kappa shape index (κ1) is 25.5. The molecule has 0 saturated carbocycles. The first-order chi connectivity index (χ1) is 17.0. The fraction of sp³-hybridized carbons (Fsp3) is 0.292. The summed E-state index contributed by atoms with van der Waals surface area (Å²) in [5.41, 5.74) is 2.52. The molecule has 0 radical (unpaired) electrons. The Kier molecular flexibility index (Phi) is 7.23. The molecule has 2 heterocycles. The monoisotopic (exact) mass is 530 g/mol. The number of carbonyl (C=O) groups is 2. The summed E-state index contributed by atoms with van der Waals surface area (Å²) in [6.45, 7) is 0.466. The summed E-state index contributed by atoms with van der Waals surface area (Å²) >= 11 is 6.11. The Balaban J connectivity index is 1.43. The van der Waals surface area contributed by atoms with Crippen molar-refractivity contribution in [2.45, 2.75) is 18.9 Å². The van der Waals surface area contributed by atoms with E-state index in [1.54, 1.807) is 61.6 Å². The molecule has 2 aromatic carbocycles. The Morgan fingerprint density at radius 1 is 1.11 bits per heavy atom. The number of rotatable bonds is 5. The zero-order valence-corrected chi connectivity index (χ0v) is 21.7. The van der Waals surface area contributed by atoms with Crippen LogP contribution in [0.3, 0.4) is 0 Å². The molecule has 3 N–H and O–H groups in total. The molecule has 0 bridgehead atoms. The van der Waals surface area contributed by atoms with Gasteiger partial charge in [0.25, 0.3) is 10.0 Å². The zero-order valence-electron chi connectivity index (χ0n) is 20.1. The van der Waals surface area contributed by atoms with Gasteiger partial charge >= 0.3 is 6.03 Å². The van der Waals surface area contributed by atoms with Gasteiger partial charge < -0.3 is 25.4 Å². The number of hydrogen-bond acceptors (Lipinski definition) is 4. The van der Waals surface area contributed by atoms with Gasteiger partial charge in [0.2, 0.25) is 5.91 Å². The van der Waals surface area contributed by atoms with Crippen LogP contribution < -0.4 is 10.6 Å². The van der Waals surface area contributed by atoms with E-state index in [2.05, 4.69) is 20.0 Å². The van der Waals surface area contributed by atoms with Crippen molar-refractivity contribution in [3.05, 3.63) is 59.2 Å². The number of likely N-dealkylation sites (tertiary alicyclic amines) is 1. The summed E-state index contributed by atoms with van der Waals surface area (Å²) in [6, 6.07) is 11.1. The Hall–Kier alpha value is -3.57. The molecule has 1 aliphatic heterocycles. The van der Waals surface area contributed by atoms with Crippen LogP contribution in [0.2, 0.25) is 5.02 Å². The SMILES string of the molecule is CN(C)/C(=N/S(C)(=O)=O)c1ccc(NC(=O)[C@H]2CCCN2C(=O)Nc2ccc3c(Cl)c[nH]c3c2)cc1. The lowest BCUT2D eigenvalue weighted by Crippen LogP contribution is -2.45. The molecular weight excluding hydrogens is 504 g/mol. The van der Waals surface area contributed by atoms with Crippen LogP contribution in [-0.4, -0.2) is 73.9 Å². The zero-order chi connectivity index (χ0) is 26.0. The predicted octanol–water partition coefficient (Wildman–Crippen LogP) is 3.72. The highest BCUT2D eigenvalue weighted by molar-refractivity contribution is 7.89. The molecule has 10 nitrogen and oxygen atoms in total. The van der Waals surface area contributed by atoms with E-state index in [1.165, 1.54) is 4.90 Å². The maximum atomic E-state index is 13.0. The molecule has 0 spiro atoms. The quantitative estimate of drug-likeness (QED) is 0.342. The molecule has 3 amide bonds. The van der Waals surface area contributed by atoms with Crippen LogP contribution in [0.15, 0.2) is 53.1 Å². The van der Waals surface area contributed by atoms with Crippen molar-refractivity contribution in [2.24, 2.45) is 4.40 Å². The van der Waals surface area contributed by atoms with Gasteiger partial charge in [-0.15, -0.1) is 4.40 Å². The summed E-state index contributed by atoms with van der Waals surface area (Å²) < 4.78 is 27.0. The van der Waals surface area contributed by atoms with Crippen molar-refractivity contribution in [3.63, 3.8) is 0 Å². The average molecular weight is 531 g/mol. The third-order valence-electron chi connectivity index (χ3n) is 5.79. The molecule has 1 aliphatic rings. The minimum Gasteiger partial charge on any atom is -0.362 e. The van der Waals surface area contributed by atoms with E-state index in [0.29, 0.717) is 41.3 Å². The van der Waals surface area contributed by atoms with E-state index in [-0.39, 0.29) is 17.8 Å². The minimum absolute atomic E-state index is 0.286. The van der Waals surface area contributed by atoms with Crippen molar-refractivity contribution < 1.29 is 18.0 Å². The smallest absolute Gasteiger partial charge is 0.322 e. The van der Waals surface area contributed by atoms with Gasteiger partial charge in [-0.25, -0.2) is 13.2 Å². The lowest BCUT2D eigenvalue weighted by molar-refractivity contribution is -0.119. The van der Waals surface area contributed by atoms with E-state index in [4.69, 9.17) is 11.6 Å². The summed E-state index contributed by atoms with van der Waals surface area (Å²) in [5, 5.41) is 7.18. The highest BCUT2D eigenvalue weighted by Crippen LogP contribution is 2.26. The number of carbonyl (C=O) groups excluding carboxylic acids is 2. The van der Waals surface area contributed by atoms with Crippen LogP contribution in [0.4, 0.5) is 16.2 Å². The number of halogens is 1. The maximum Gasteiger partial charge on any atom is 0.322 e. The van der Waals surface area contributed by atoms with Gasteiger partial charge in [0.1, 0.15) is 11.9 Å². The predicted molar refractivity (Wildman–Crippen MR) is 142 cm³/mol. The van der Waals surface area contributed by atoms with Crippen LogP contribution in [-0.2, 0) is 14.8 Å². The van der Waals surface area contributed by atoms with Gasteiger partial charge in [0.15, 0.2) is 0 Å². The number of fused-ring (bicyclic) bond motifs is 1. The Bertz CT molecular complexity index is 1430. The average Bonchev–Trinajstić information content (AvgIpc) is 3.45. The third-order valence-corrected chi connectivity index (χ3v) is 6.60.